The number of halogens is 6. The van der Waals surface area contributed by atoms with Crippen molar-refractivity contribution < 1.29 is 52.5 Å². The van der Waals surface area contributed by atoms with E-state index in [0.717, 1.165) is 165 Å². The van der Waals surface area contributed by atoms with Gasteiger partial charge in [0.2, 0.25) is 17.1 Å². The van der Waals surface area contributed by atoms with E-state index in [4.69, 9.17) is 73.6 Å². The summed E-state index contributed by atoms with van der Waals surface area (Å²) in [6.45, 7) is 39.9. The van der Waals surface area contributed by atoms with E-state index < -0.39 is 22.4 Å². The summed E-state index contributed by atoms with van der Waals surface area (Å²) in [6.07, 6.45) is 4.40. The molecule has 16 rings (SSSR count). The molecule has 0 saturated carbocycles. The summed E-state index contributed by atoms with van der Waals surface area (Å²) < 4.78 is 30.8. The lowest BCUT2D eigenvalue weighted by Gasteiger charge is -2.35. The number of amides is 6. The number of nitrogen functional groups attached to an aromatic ring is 2. The highest BCUT2D eigenvalue weighted by Gasteiger charge is 2.41. The molecule has 6 N–H and O–H groups in total. The SMILES string of the molecule is C=CC(=O)Nc1sc2c(c1-c1nc3cc(Br)ccc3s1)CCN(C(=O)OC(C)(C)C)[C@@H]2C.C=CC(=O)Nc1sc2c(c1-c1nc3cc(Br)ccc3s1)C[C@@H](C)N(C(=O)OC(C)(C)C)C2.C[C@@H]1Cc2c(sc(N)c2-c2nc3cc(Br)ccc3s2)CN1C(=O)OC(C)(C)C.C[C@@H]1c2sc(N)c(-c3nc4cc(Br)ccc4s3)c2CCN1C(=O)OC(C)(C)C.O=C(Cl)CCCl. The fourth-order valence-corrected chi connectivity index (χ4v) is 25.2. The maximum absolute atomic E-state index is 12.8. The minimum atomic E-state index is -0.559. The summed E-state index contributed by atoms with van der Waals surface area (Å²) >= 11 is 36.6. The molecule has 0 spiro atoms. The topological polar surface area (TPSA) is 297 Å². The third-order valence-corrected chi connectivity index (χ3v) is 31.1. The molecule has 4 aromatic carbocycles. The Labute approximate surface area is 807 Å². The Morgan fingerprint density at radius 2 is 0.754 bits per heavy atom. The Kier molecular flexibility index (Phi) is 31.0. The minimum absolute atomic E-state index is 0.0404. The minimum Gasteiger partial charge on any atom is -0.444 e. The highest BCUT2D eigenvalue weighted by Crippen LogP contribution is 2.53. The molecule has 12 aromatic rings. The predicted octanol–water partition coefficient (Wildman–Crippen LogP) is 27.0. The van der Waals surface area contributed by atoms with E-state index in [9.17, 15) is 33.6 Å². The van der Waals surface area contributed by atoms with Gasteiger partial charge in [-0.15, -0.1) is 102 Å². The van der Waals surface area contributed by atoms with E-state index in [1.54, 1.807) is 87.6 Å². The van der Waals surface area contributed by atoms with Gasteiger partial charge in [-0.2, -0.15) is 0 Å². The lowest BCUT2D eigenvalue weighted by Crippen LogP contribution is -2.44. The summed E-state index contributed by atoms with van der Waals surface area (Å²) in [5.74, 6) is -0.224. The van der Waals surface area contributed by atoms with E-state index in [-0.39, 0.29) is 72.0 Å². The number of rotatable bonds is 10. The third kappa shape index (κ3) is 23.4. The zero-order valence-corrected chi connectivity index (χ0v) is 86.5. The average molecular weight is 2160 g/mol. The molecule has 4 atom stereocenters. The number of hydrogen-bond acceptors (Lipinski definition) is 25. The largest absolute Gasteiger partial charge is 0.444 e. The van der Waals surface area contributed by atoms with Crippen LogP contribution in [0.25, 0.3) is 83.2 Å². The van der Waals surface area contributed by atoms with Crippen LogP contribution < -0.4 is 22.1 Å². The van der Waals surface area contributed by atoms with Crippen molar-refractivity contribution in [1.29, 1.82) is 0 Å². The van der Waals surface area contributed by atoms with Gasteiger partial charge in [-0.1, -0.05) is 76.9 Å². The highest BCUT2D eigenvalue weighted by atomic mass is 79.9. The van der Waals surface area contributed by atoms with Crippen molar-refractivity contribution in [2.24, 2.45) is 0 Å². The fourth-order valence-electron chi connectivity index (χ4n) is 14.3. The molecule has 0 aliphatic carbocycles. The number of anilines is 4. The van der Waals surface area contributed by atoms with Gasteiger partial charge in [0.15, 0.2) is 0 Å². The second kappa shape index (κ2) is 40.1. The van der Waals surface area contributed by atoms with Gasteiger partial charge in [0.1, 0.15) is 52.4 Å². The van der Waals surface area contributed by atoms with Crippen LogP contribution >= 0.6 is 178 Å². The van der Waals surface area contributed by atoms with Crippen LogP contribution in [0.5, 0.6) is 0 Å². The van der Waals surface area contributed by atoms with Crippen molar-refractivity contribution in [1.82, 2.24) is 39.5 Å². The Bertz CT molecular complexity index is 6150. The number of nitrogens with one attached hydrogen (secondary N) is 2. The summed E-state index contributed by atoms with van der Waals surface area (Å²) in [4.78, 5) is 116. The van der Waals surface area contributed by atoms with E-state index >= 15 is 0 Å². The number of carbonyl (C=O) groups is 7. The van der Waals surface area contributed by atoms with Crippen LogP contribution in [-0.4, -0.2) is 134 Å². The normalized spacial score (nSPS) is 16.1. The lowest BCUT2D eigenvalue weighted by molar-refractivity contribution is -0.112. The number of nitrogens with zero attached hydrogens (tertiary/aromatic N) is 8. The van der Waals surface area contributed by atoms with Gasteiger partial charge in [-0.25, -0.2) is 39.1 Å². The first-order valence-electron chi connectivity index (χ1n) is 40.1. The van der Waals surface area contributed by atoms with Crippen LogP contribution in [0.15, 0.2) is 116 Å². The number of nitrogens with two attached hydrogens (primary N) is 2. The van der Waals surface area contributed by atoms with Crippen LogP contribution in [-0.2, 0) is 72.1 Å². The molecule has 37 heteroatoms. The summed E-state index contributed by atoms with van der Waals surface area (Å²) in [7, 11) is 0. The van der Waals surface area contributed by atoms with E-state index in [2.05, 4.69) is 107 Å². The quantitative estimate of drug-likeness (QED) is 0.0428. The Hall–Kier alpha value is -7.49. The molecule has 23 nitrogen and oxygen atoms in total. The molecule has 0 fully saturated rings. The summed E-state index contributed by atoms with van der Waals surface area (Å²) in [6, 6.07) is 24.0. The predicted molar refractivity (Wildman–Crippen MR) is 535 cm³/mol. The Morgan fingerprint density at radius 1 is 0.452 bits per heavy atom. The second-order valence-corrected chi connectivity index (χ2v) is 47.0. The Morgan fingerprint density at radius 3 is 1.10 bits per heavy atom. The molecule has 12 heterocycles. The first-order chi connectivity index (χ1) is 59.1. The standard InChI is InChI=1S/2C23H24BrN3O3S2.2C20H22BrN3O2S2.C3H4Cl2O/c1-6-18(28)26-21-19(20-25-15-10-13(24)7-8-16(15)31-20)14-9-12(2)27(11-17(14)32-21)22(29)30-23(3,4)5;1-6-17(28)26-21-18(20-25-15-11-13(24)7-8-16(15)31-20)14-9-10-27(12(2)19(14)32-21)22(29)30-23(3,4)5;1-10-7-12-15(9-24(10)19(25)26-20(2,3)4)27-17(22)16(12)18-23-13-8-11(21)5-6-14(13)28-18;1-10-16-12(7-8-24(10)19(25)26-20(2,3)4)15(17(22)28-16)18-23-13-9-11(21)5-6-14(13)27-18;4-2-1-3(5)6/h6-8,10,12H,1,9,11H2,2-5H3,(H,26,28);6-8,11-12H,1,9-10H2,2-5H3,(H,26,28);5-6,8,10H,7,9,22H2,1-4H3;5-6,9-10H,7-8,22H2,1-4H3;1-2H2/t2*12-;2*10-;/m1111./s1. The summed E-state index contributed by atoms with van der Waals surface area (Å²) in [5, 5.41) is 12.1. The van der Waals surface area contributed by atoms with Gasteiger partial charge >= 0.3 is 24.4 Å². The third-order valence-electron chi connectivity index (χ3n) is 19.8. The number of thiazole rings is 4. The number of fused-ring (bicyclic) bond motifs is 8. The number of alkyl halides is 1. The van der Waals surface area contributed by atoms with Gasteiger partial charge in [0.25, 0.3) is 0 Å². The zero-order valence-electron chi connectivity index (χ0n) is 72.1. The van der Waals surface area contributed by atoms with Gasteiger partial charge in [0.05, 0.1) is 76.0 Å². The number of thiophene rings is 4. The number of hydrogen-bond donors (Lipinski definition) is 4. The molecule has 4 aliphatic rings. The van der Waals surface area contributed by atoms with Crippen LogP contribution in [0.2, 0.25) is 0 Å². The molecular weight excluding hydrogens is 2060 g/mol. The van der Waals surface area contributed by atoms with Gasteiger partial charge in [-0.05, 0) is 255 Å². The molecule has 0 bridgehead atoms. The van der Waals surface area contributed by atoms with Crippen molar-refractivity contribution in [3.05, 3.63) is 158 Å². The lowest BCUT2D eigenvalue weighted by atomic mass is 9.97. The van der Waals surface area contributed by atoms with Gasteiger partial charge in [0, 0.05) is 97.1 Å². The molecule has 4 aliphatic heterocycles. The van der Waals surface area contributed by atoms with Crippen molar-refractivity contribution in [3.8, 4) is 42.3 Å². The molecular formula is C89H96Br4Cl2N12O11S8. The number of aromatic nitrogens is 4. The van der Waals surface area contributed by atoms with Crippen molar-refractivity contribution in [2.75, 3.05) is 41.1 Å². The van der Waals surface area contributed by atoms with Crippen LogP contribution in [0.1, 0.15) is 171 Å². The second-order valence-electron chi connectivity index (χ2n) is 34.0. The van der Waals surface area contributed by atoms with Gasteiger partial charge < -0.3 is 60.6 Å². The molecule has 6 amide bonds. The van der Waals surface area contributed by atoms with Crippen molar-refractivity contribution >= 4 is 280 Å². The van der Waals surface area contributed by atoms with Gasteiger partial charge in [-0.3, -0.25) is 14.4 Å². The molecule has 8 aromatic heterocycles. The molecule has 668 valence electrons. The first kappa shape index (κ1) is 97.6. The molecule has 126 heavy (non-hydrogen) atoms. The number of carbonyl (C=O) groups excluding carboxylic acids is 7. The molecule has 0 saturated heterocycles. The number of ether oxygens (including phenoxy) is 4. The van der Waals surface area contributed by atoms with Crippen LogP contribution in [0, 0.1) is 0 Å². The zero-order chi connectivity index (χ0) is 91.8. The first-order valence-corrected chi connectivity index (χ1v) is 50.7. The monoisotopic (exact) mass is 2150 g/mol. The van der Waals surface area contributed by atoms with Crippen LogP contribution in [0.4, 0.5) is 39.2 Å². The highest BCUT2D eigenvalue weighted by molar-refractivity contribution is 9.11. The molecule has 0 radical (unpaired) electrons. The fraction of sp³-hybridized carbons (Fsp3) is 0.382. The summed E-state index contributed by atoms with van der Waals surface area (Å²) in [5.41, 5.74) is 23.1. The molecule has 0 unspecified atom stereocenters. The average Bonchev–Trinajstić information content (AvgIpc) is 1.61. The van der Waals surface area contributed by atoms with E-state index in [1.165, 1.54) is 46.0 Å². The maximum Gasteiger partial charge on any atom is 0.410 e. The van der Waals surface area contributed by atoms with Crippen molar-refractivity contribution in [2.45, 2.75) is 203 Å². The number of benzene rings is 4. The van der Waals surface area contributed by atoms with Crippen LogP contribution in [0.3, 0.4) is 0 Å². The van der Waals surface area contributed by atoms with E-state index in [1.807, 2.05) is 165 Å². The van der Waals surface area contributed by atoms with Crippen molar-refractivity contribution in [3.63, 3.8) is 0 Å². The Balaban J connectivity index is 0.000000150. The maximum atomic E-state index is 12.8. The van der Waals surface area contributed by atoms with E-state index in [0.29, 0.717) is 44.9 Å². The smallest absolute Gasteiger partial charge is 0.410 e.